The molecular formula is C19H26N4O2S. The molecule has 2 saturated heterocycles. The van der Waals surface area contributed by atoms with Crippen LogP contribution < -0.4 is 4.90 Å². The number of hydrogen-bond acceptors (Lipinski definition) is 6. The first-order chi connectivity index (χ1) is 12.5. The Kier molecular flexibility index (Phi) is 4.84. The minimum absolute atomic E-state index is 0.124. The van der Waals surface area contributed by atoms with Crippen LogP contribution in [0.15, 0.2) is 6.33 Å². The summed E-state index contributed by atoms with van der Waals surface area (Å²) in [6.45, 7) is 10.2. The van der Waals surface area contributed by atoms with Crippen molar-refractivity contribution in [2.45, 2.75) is 39.7 Å². The maximum atomic E-state index is 12.8. The zero-order chi connectivity index (χ0) is 18.3. The quantitative estimate of drug-likeness (QED) is 0.809. The van der Waals surface area contributed by atoms with Crippen LogP contribution in [0, 0.1) is 19.8 Å². The number of carbonyl (C=O) groups excluding carboxylic acids is 1. The molecule has 1 atom stereocenters. The summed E-state index contributed by atoms with van der Waals surface area (Å²) < 4.78 is 5.56. The molecule has 0 N–H and O–H groups in total. The fraction of sp³-hybridized carbons (Fsp3) is 0.632. The SMILES string of the molecule is Cc1sc2ncnc(N3CCC(C(=O)N4CCO[C@@H](C)C4)CC3)c2c1C. The molecule has 0 unspecified atom stereocenters. The van der Waals surface area contributed by atoms with Crippen LogP contribution in [0.2, 0.25) is 0 Å². The van der Waals surface area contributed by atoms with Crippen molar-refractivity contribution in [3.05, 3.63) is 16.8 Å². The minimum Gasteiger partial charge on any atom is -0.375 e. The van der Waals surface area contributed by atoms with Crippen molar-refractivity contribution in [3.63, 3.8) is 0 Å². The van der Waals surface area contributed by atoms with Gasteiger partial charge in [0.15, 0.2) is 0 Å². The second-order valence-electron chi connectivity index (χ2n) is 7.39. The van der Waals surface area contributed by atoms with Gasteiger partial charge in [-0.15, -0.1) is 11.3 Å². The van der Waals surface area contributed by atoms with E-state index in [4.69, 9.17) is 4.74 Å². The van der Waals surface area contributed by atoms with Gasteiger partial charge in [0, 0.05) is 37.0 Å². The molecule has 140 valence electrons. The van der Waals surface area contributed by atoms with E-state index in [9.17, 15) is 4.79 Å². The van der Waals surface area contributed by atoms with E-state index in [1.54, 1.807) is 17.7 Å². The van der Waals surface area contributed by atoms with Crippen molar-refractivity contribution >= 4 is 33.3 Å². The zero-order valence-electron chi connectivity index (χ0n) is 15.7. The summed E-state index contributed by atoms with van der Waals surface area (Å²) in [7, 11) is 0. The third kappa shape index (κ3) is 3.18. The predicted molar refractivity (Wildman–Crippen MR) is 104 cm³/mol. The monoisotopic (exact) mass is 374 g/mol. The Hall–Kier alpha value is -1.73. The van der Waals surface area contributed by atoms with Crippen LogP contribution in [0.25, 0.3) is 10.2 Å². The van der Waals surface area contributed by atoms with Gasteiger partial charge < -0.3 is 14.5 Å². The molecule has 0 bridgehead atoms. The third-order valence-corrected chi connectivity index (χ3v) is 6.76. The number of carbonyl (C=O) groups is 1. The van der Waals surface area contributed by atoms with Crippen molar-refractivity contribution in [2.24, 2.45) is 5.92 Å². The van der Waals surface area contributed by atoms with Crippen molar-refractivity contribution in [3.8, 4) is 0 Å². The van der Waals surface area contributed by atoms with Crippen LogP contribution in [0.3, 0.4) is 0 Å². The predicted octanol–water partition coefficient (Wildman–Crippen LogP) is 2.77. The molecule has 0 saturated carbocycles. The number of hydrogen-bond donors (Lipinski definition) is 0. The number of morpholine rings is 1. The lowest BCUT2D eigenvalue weighted by Gasteiger charge is -2.37. The molecule has 2 aliphatic heterocycles. The molecule has 26 heavy (non-hydrogen) atoms. The van der Waals surface area contributed by atoms with E-state index in [-0.39, 0.29) is 12.0 Å². The first kappa shape index (κ1) is 17.7. The number of anilines is 1. The summed E-state index contributed by atoms with van der Waals surface area (Å²) in [5.41, 5.74) is 1.28. The molecule has 0 radical (unpaired) electrons. The number of fused-ring (bicyclic) bond motifs is 1. The van der Waals surface area contributed by atoms with Gasteiger partial charge in [0.05, 0.1) is 18.1 Å². The Labute approximate surface area is 158 Å². The molecule has 2 fully saturated rings. The summed E-state index contributed by atoms with van der Waals surface area (Å²) in [5, 5.41) is 1.18. The number of rotatable bonds is 2. The van der Waals surface area contributed by atoms with Gasteiger partial charge in [0.1, 0.15) is 17.0 Å². The molecule has 2 aromatic heterocycles. The summed E-state index contributed by atoms with van der Waals surface area (Å²) in [5.74, 6) is 1.46. The molecule has 0 spiro atoms. The van der Waals surface area contributed by atoms with Crippen LogP contribution in [0.1, 0.15) is 30.2 Å². The van der Waals surface area contributed by atoms with Gasteiger partial charge in [-0.25, -0.2) is 9.97 Å². The lowest BCUT2D eigenvalue weighted by atomic mass is 9.94. The summed E-state index contributed by atoms with van der Waals surface area (Å²) >= 11 is 1.73. The van der Waals surface area contributed by atoms with Gasteiger partial charge in [-0.2, -0.15) is 0 Å². The molecule has 2 aliphatic rings. The average Bonchev–Trinajstić information content (AvgIpc) is 2.95. The van der Waals surface area contributed by atoms with Crippen molar-refractivity contribution in [1.82, 2.24) is 14.9 Å². The van der Waals surface area contributed by atoms with Crippen LogP contribution in [-0.2, 0) is 9.53 Å². The molecule has 7 heteroatoms. The van der Waals surface area contributed by atoms with E-state index in [0.717, 1.165) is 49.7 Å². The Morgan fingerprint density at radius 3 is 2.73 bits per heavy atom. The highest BCUT2D eigenvalue weighted by Gasteiger charge is 2.31. The highest BCUT2D eigenvalue weighted by Crippen LogP contribution is 2.35. The topological polar surface area (TPSA) is 58.6 Å². The van der Waals surface area contributed by atoms with Crippen molar-refractivity contribution in [2.75, 3.05) is 37.7 Å². The normalized spacial score (nSPS) is 22.2. The molecule has 1 amide bonds. The lowest BCUT2D eigenvalue weighted by molar-refractivity contribution is -0.143. The second-order valence-corrected chi connectivity index (χ2v) is 8.59. The summed E-state index contributed by atoms with van der Waals surface area (Å²) in [6, 6.07) is 0. The Bertz CT molecular complexity index is 813. The largest absolute Gasteiger partial charge is 0.375 e. The van der Waals surface area contributed by atoms with Gasteiger partial charge in [-0.1, -0.05) is 0 Å². The molecule has 4 heterocycles. The lowest BCUT2D eigenvalue weighted by Crippen LogP contribution is -2.49. The number of ether oxygens (including phenoxy) is 1. The summed E-state index contributed by atoms with van der Waals surface area (Å²) in [4.78, 5) is 28.5. The number of nitrogens with zero attached hydrogens (tertiary/aromatic N) is 4. The average molecular weight is 375 g/mol. The molecular weight excluding hydrogens is 348 g/mol. The number of aryl methyl sites for hydroxylation is 2. The smallest absolute Gasteiger partial charge is 0.225 e. The number of piperidine rings is 1. The van der Waals surface area contributed by atoms with E-state index in [1.807, 2.05) is 11.8 Å². The van der Waals surface area contributed by atoms with Gasteiger partial charge in [0.2, 0.25) is 5.91 Å². The number of amides is 1. The molecule has 4 rings (SSSR count). The van der Waals surface area contributed by atoms with E-state index < -0.39 is 0 Å². The molecule has 0 aromatic carbocycles. The Morgan fingerprint density at radius 1 is 1.23 bits per heavy atom. The Balaban J connectivity index is 1.46. The summed E-state index contributed by atoms with van der Waals surface area (Å²) in [6.07, 6.45) is 3.59. The van der Waals surface area contributed by atoms with E-state index >= 15 is 0 Å². The minimum atomic E-state index is 0.124. The number of thiophene rings is 1. The van der Waals surface area contributed by atoms with E-state index in [2.05, 4.69) is 28.7 Å². The van der Waals surface area contributed by atoms with Gasteiger partial charge in [-0.05, 0) is 39.2 Å². The first-order valence-electron chi connectivity index (χ1n) is 9.40. The fourth-order valence-electron chi connectivity index (χ4n) is 4.02. The first-order valence-corrected chi connectivity index (χ1v) is 10.2. The van der Waals surface area contributed by atoms with Crippen molar-refractivity contribution in [1.29, 1.82) is 0 Å². The molecule has 0 aliphatic carbocycles. The second kappa shape index (κ2) is 7.12. The highest BCUT2D eigenvalue weighted by atomic mass is 32.1. The zero-order valence-corrected chi connectivity index (χ0v) is 16.5. The van der Waals surface area contributed by atoms with E-state index in [1.165, 1.54) is 15.8 Å². The Morgan fingerprint density at radius 2 is 2.00 bits per heavy atom. The third-order valence-electron chi connectivity index (χ3n) is 5.64. The van der Waals surface area contributed by atoms with Crippen molar-refractivity contribution < 1.29 is 9.53 Å². The highest BCUT2D eigenvalue weighted by molar-refractivity contribution is 7.18. The van der Waals surface area contributed by atoms with Gasteiger partial charge in [0.25, 0.3) is 0 Å². The molecule has 2 aromatic rings. The van der Waals surface area contributed by atoms with Gasteiger partial charge in [-0.3, -0.25) is 4.79 Å². The maximum absolute atomic E-state index is 12.8. The van der Waals surface area contributed by atoms with E-state index in [0.29, 0.717) is 12.5 Å². The van der Waals surface area contributed by atoms with Crippen LogP contribution in [0.5, 0.6) is 0 Å². The molecule has 6 nitrogen and oxygen atoms in total. The fourth-order valence-corrected chi connectivity index (χ4v) is 5.01. The van der Waals surface area contributed by atoms with Crippen LogP contribution in [0.4, 0.5) is 5.82 Å². The van der Waals surface area contributed by atoms with Crippen LogP contribution in [-0.4, -0.2) is 59.7 Å². The number of aromatic nitrogens is 2. The van der Waals surface area contributed by atoms with Gasteiger partial charge >= 0.3 is 0 Å². The standard InChI is InChI=1S/C19H26N4O2S/c1-12-10-23(8-9-25-12)19(24)15-4-6-22(7-5-15)17-16-13(2)14(3)26-18(16)21-11-20-17/h11-12,15H,4-10H2,1-3H3/t12-/m0/s1. The maximum Gasteiger partial charge on any atom is 0.225 e. The van der Waals surface area contributed by atoms with Crippen LogP contribution >= 0.6 is 11.3 Å².